The lowest BCUT2D eigenvalue weighted by Crippen LogP contribution is -2.38. The summed E-state index contributed by atoms with van der Waals surface area (Å²) in [6.07, 6.45) is -1.48. The number of nitrogens with one attached hydrogen (secondary N) is 1. The van der Waals surface area contributed by atoms with E-state index in [9.17, 15) is 19.8 Å². The average Bonchev–Trinajstić information content (AvgIpc) is 2.92. The highest BCUT2D eigenvalue weighted by Crippen LogP contribution is 2.28. The number of rotatable bonds is 8. The van der Waals surface area contributed by atoms with Crippen LogP contribution in [0.1, 0.15) is 12.6 Å². The lowest BCUT2D eigenvalue weighted by atomic mass is 10.1. The monoisotopic (exact) mass is 390 g/mol. The number of hydrogen-bond donors (Lipinski definition) is 5. The number of nitrogens with two attached hydrogens (primary N) is 1. The SMILES string of the molecule is CSCC[C@H](N)C(=O)OC[C@H]1O[C@@H](n2ccc(NO)nc2=O)[C@H](O)[C@@H]1O. The van der Waals surface area contributed by atoms with Crippen LogP contribution in [0.25, 0.3) is 0 Å². The van der Waals surface area contributed by atoms with Gasteiger partial charge in [-0.3, -0.25) is 20.0 Å². The van der Waals surface area contributed by atoms with E-state index in [1.165, 1.54) is 12.3 Å². The Hall–Kier alpha value is -1.70. The molecule has 0 amide bonds. The number of aliphatic hydroxyl groups excluding tert-OH is 2. The molecule has 12 heteroatoms. The lowest BCUT2D eigenvalue weighted by Gasteiger charge is -2.17. The highest BCUT2D eigenvalue weighted by atomic mass is 32.2. The molecule has 0 radical (unpaired) electrons. The lowest BCUT2D eigenvalue weighted by molar-refractivity contribution is -0.151. The summed E-state index contributed by atoms with van der Waals surface area (Å²) in [5.74, 6) is -0.0113. The van der Waals surface area contributed by atoms with Crippen LogP contribution < -0.4 is 16.9 Å². The molecule has 1 aliphatic heterocycles. The van der Waals surface area contributed by atoms with Gasteiger partial charge in [-0.2, -0.15) is 16.7 Å². The Morgan fingerprint density at radius 1 is 1.54 bits per heavy atom. The van der Waals surface area contributed by atoms with Crippen LogP contribution in [-0.4, -0.2) is 73.9 Å². The largest absolute Gasteiger partial charge is 0.462 e. The molecule has 1 fully saturated rings. The van der Waals surface area contributed by atoms with E-state index >= 15 is 0 Å². The van der Waals surface area contributed by atoms with E-state index in [1.807, 2.05) is 6.26 Å². The number of hydrogen-bond acceptors (Lipinski definition) is 11. The summed E-state index contributed by atoms with van der Waals surface area (Å²) in [6, 6.07) is 0.495. The minimum absolute atomic E-state index is 0.0796. The zero-order valence-electron chi connectivity index (χ0n) is 14.0. The van der Waals surface area contributed by atoms with Gasteiger partial charge < -0.3 is 25.4 Å². The van der Waals surface area contributed by atoms with Crippen LogP contribution in [0, 0.1) is 0 Å². The number of carbonyl (C=O) groups is 1. The number of esters is 1. The van der Waals surface area contributed by atoms with E-state index in [4.69, 9.17) is 20.4 Å². The van der Waals surface area contributed by atoms with Crippen LogP contribution in [0.4, 0.5) is 5.82 Å². The summed E-state index contributed by atoms with van der Waals surface area (Å²) < 4.78 is 11.5. The summed E-state index contributed by atoms with van der Waals surface area (Å²) in [7, 11) is 0. The van der Waals surface area contributed by atoms with E-state index in [0.717, 1.165) is 4.57 Å². The Balaban J connectivity index is 1.99. The fourth-order valence-electron chi connectivity index (χ4n) is 2.40. The van der Waals surface area contributed by atoms with E-state index < -0.39 is 42.2 Å². The van der Waals surface area contributed by atoms with Crippen LogP contribution >= 0.6 is 11.8 Å². The van der Waals surface area contributed by atoms with Crippen molar-refractivity contribution in [1.29, 1.82) is 0 Å². The molecule has 6 N–H and O–H groups in total. The molecule has 1 saturated heterocycles. The molecule has 146 valence electrons. The van der Waals surface area contributed by atoms with Gasteiger partial charge in [-0.1, -0.05) is 0 Å². The van der Waals surface area contributed by atoms with Crippen molar-refractivity contribution in [2.45, 2.75) is 37.0 Å². The quantitative estimate of drug-likeness (QED) is 0.253. The molecule has 0 saturated carbocycles. The Kier molecular flexibility index (Phi) is 7.37. The number of anilines is 1. The Morgan fingerprint density at radius 2 is 2.27 bits per heavy atom. The third-order valence-corrected chi connectivity index (χ3v) is 4.53. The van der Waals surface area contributed by atoms with E-state index in [2.05, 4.69) is 4.98 Å². The van der Waals surface area contributed by atoms with Crippen molar-refractivity contribution in [3.63, 3.8) is 0 Å². The maximum atomic E-state index is 11.9. The predicted octanol–water partition coefficient (Wildman–Crippen LogP) is -1.71. The van der Waals surface area contributed by atoms with E-state index in [0.29, 0.717) is 12.2 Å². The predicted molar refractivity (Wildman–Crippen MR) is 91.8 cm³/mol. The van der Waals surface area contributed by atoms with E-state index in [-0.39, 0.29) is 12.4 Å². The summed E-state index contributed by atoms with van der Waals surface area (Å²) in [4.78, 5) is 27.3. The molecule has 1 aromatic rings. The molecule has 11 nitrogen and oxygen atoms in total. The Bertz CT molecular complexity index is 673. The molecule has 2 heterocycles. The number of nitrogens with zero attached hydrogens (tertiary/aromatic N) is 2. The minimum atomic E-state index is -1.43. The molecule has 26 heavy (non-hydrogen) atoms. The Labute approximate surface area is 153 Å². The van der Waals surface area contributed by atoms with Gasteiger partial charge in [0.1, 0.15) is 31.0 Å². The van der Waals surface area contributed by atoms with Crippen LogP contribution in [-0.2, 0) is 14.3 Å². The van der Waals surface area contributed by atoms with Gasteiger partial charge in [0.25, 0.3) is 0 Å². The standard InChI is InChI=1S/C14H22N4O7S/c1-26-5-3-7(15)13(21)24-6-8-10(19)11(20)12(25-8)18-4-2-9(17-23)16-14(18)22/h2,4,7-8,10-12,19-20,23H,3,5-6,15H2,1H3,(H,16,17,22)/t7-,8+,10+,11+,12+/m0/s1. The van der Waals surface area contributed by atoms with Crippen LogP contribution in [0.3, 0.4) is 0 Å². The molecular weight excluding hydrogens is 368 g/mol. The number of aliphatic hydroxyl groups is 2. The molecular formula is C14H22N4O7S. The smallest absolute Gasteiger partial charge is 0.351 e. The summed E-state index contributed by atoms with van der Waals surface area (Å²) >= 11 is 1.55. The van der Waals surface area contributed by atoms with Gasteiger partial charge in [0, 0.05) is 6.20 Å². The first kappa shape index (κ1) is 20.6. The van der Waals surface area contributed by atoms with Crippen molar-refractivity contribution in [1.82, 2.24) is 9.55 Å². The van der Waals surface area contributed by atoms with Crippen LogP contribution in [0.15, 0.2) is 17.1 Å². The fourth-order valence-corrected chi connectivity index (χ4v) is 2.89. The second-order valence-electron chi connectivity index (χ2n) is 5.68. The highest BCUT2D eigenvalue weighted by Gasteiger charge is 2.44. The van der Waals surface area contributed by atoms with E-state index in [1.54, 1.807) is 17.2 Å². The Morgan fingerprint density at radius 3 is 2.88 bits per heavy atom. The first-order chi connectivity index (χ1) is 12.4. The average molecular weight is 390 g/mol. The molecule has 0 aromatic carbocycles. The van der Waals surface area contributed by atoms with Gasteiger partial charge in [0.15, 0.2) is 12.0 Å². The maximum Gasteiger partial charge on any atom is 0.351 e. The van der Waals surface area contributed by atoms with Gasteiger partial charge in [0.05, 0.1) is 0 Å². The van der Waals surface area contributed by atoms with Crippen LogP contribution in [0.2, 0.25) is 0 Å². The fraction of sp³-hybridized carbons (Fsp3) is 0.643. The topological polar surface area (TPSA) is 169 Å². The molecule has 0 spiro atoms. The molecule has 0 aliphatic carbocycles. The molecule has 0 bridgehead atoms. The zero-order chi connectivity index (χ0) is 19.3. The summed E-state index contributed by atoms with van der Waals surface area (Å²) in [5, 5.41) is 28.9. The first-order valence-electron chi connectivity index (χ1n) is 7.81. The number of carbonyl (C=O) groups excluding carboxylic acids is 1. The normalized spacial score (nSPS) is 26.5. The van der Waals surface area contributed by atoms with Crippen LogP contribution in [0.5, 0.6) is 0 Å². The third-order valence-electron chi connectivity index (χ3n) is 3.88. The third kappa shape index (κ3) is 4.72. The molecule has 1 aromatic heterocycles. The van der Waals surface area contributed by atoms with Gasteiger partial charge >= 0.3 is 11.7 Å². The number of aromatic nitrogens is 2. The van der Waals surface area contributed by atoms with Gasteiger partial charge in [-0.25, -0.2) is 4.79 Å². The molecule has 1 aliphatic rings. The highest BCUT2D eigenvalue weighted by molar-refractivity contribution is 7.98. The van der Waals surface area contributed by atoms with Crippen molar-refractivity contribution < 1.29 is 29.7 Å². The van der Waals surface area contributed by atoms with Crippen molar-refractivity contribution in [2.24, 2.45) is 5.73 Å². The maximum absolute atomic E-state index is 11.9. The van der Waals surface area contributed by atoms with Crippen molar-refractivity contribution in [3.8, 4) is 0 Å². The van der Waals surface area contributed by atoms with Crippen molar-refractivity contribution >= 4 is 23.5 Å². The first-order valence-corrected chi connectivity index (χ1v) is 9.20. The molecule has 2 rings (SSSR count). The van der Waals surface area contributed by atoms with Gasteiger partial charge in [-0.05, 0) is 24.5 Å². The van der Waals surface area contributed by atoms with Crippen molar-refractivity contribution in [3.05, 3.63) is 22.7 Å². The summed E-state index contributed by atoms with van der Waals surface area (Å²) in [5.41, 5.74) is 6.61. The summed E-state index contributed by atoms with van der Waals surface area (Å²) in [6.45, 7) is -0.320. The number of thioether (sulfide) groups is 1. The second kappa shape index (κ2) is 9.30. The molecule has 0 unspecified atom stereocenters. The molecule has 5 atom stereocenters. The van der Waals surface area contributed by atoms with Gasteiger partial charge in [0.2, 0.25) is 0 Å². The number of ether oxygens (including phenoxy) is 2. The minimum Gasteiger partial charge on any atom is -0.462 e. The van der Waals surface area contributed by atoms with Gasteiger partial charge in [-0.15, -0.1) is 0 Å². The second-order valence-corrected chi connectivity index (χ2v) is 6.66. The zero-order valence-corrected chi connectivity index (χ0v) is 14.8. The van der Waals surface area contributed by atoms with Crippen molar-refractivity contribution in [2.75, 3.05) is 24.1 Å².